The van der Waals surface area contributed by atoms with Gasteiger partial charge in [0.15, 0.2) is 0 Å². The Bertz CT molecular complexity index is 747. The Morgan fingerprint density at radius 1 is 1.13 bits per heavy atom. The molecule has 0 bridgehead atoms. The fraction of sp³-hybridized carbons (Fsp3) is 0.0625. The van der Waals surface area contributed by atoms with Crippen molar-refractivity contribution in [1.82, 2.24) is 10.7 Å². The first-order valence-electron chi connectivity index (χ1n) is 6.70. The fourth-order valence-electron chi connectivity index (χ4n) is 1.71. The van der Waals surface area contributed by atoms with E-state index in [9.17, 15) is 14.7 Å². The summed E-state index contributed by atoms with van der Waals surface area (Å²) in [7, 11) is 0. The number of rotatable bonds is 5. The van der Waals surface area contributed by atoms with Crippen LogP contribution in [0, 0.1) is 3.57 Å². The van der Waals surface area contributed by atoms with E-state index in [-0.39, 0.29) is 18.2 Å². The van der Waals surface area contributed by atoms with Crippen molar-refractivity contribution in [1.29, 1.82) is 0 Å². The molecule has 0 unspecified atom stereocenters. The second kappa shape index (κ2) is 8.28. The molecule has 7 heteroatoms. The standard InChI is InChI=1S/C16H14IN3O3/c17-13-7-3-2-6-12(13)16(23)18-10-15(22)20-19-9-11-5-1-4-8-14(11)21/h1-9,21H,10H2,(H,18,23)(H,20,22). The molecule has 0 saturated carbocycles. The first-order chi connectivity index (χ1) is 11.1. The van der Waals surface area contributed by atoms with Crippen LogP contribution in [-0.4, -0.2) is 29.7 Å². The average Bonchev–Trinajstić information content (AvgIpc) is 2.55. The number of benzene rings is 2. The summed E-state index contributed by atoms with van der Waals surface area (Å²) in [5.74, 6) is -0.719. The Balaban J connectivity index is 1.83. The van der Waals surface area contributed by atoms with E-state index >= 15 is 0 Å². The van der Waals surface area contributed by atoms with Gasteiger partial charge in [-0.15, -0.1) is 0 Å². The van der Waals surface area contributed by atoms with Crippen LogP contribution in [0.1, 0.15) is 15.9 Å². The molecule has 0 saturated heterocycles. The Hall–Kier alpha value is -2.42. The van der Waals surface area contributed by atoms with Gasteiger partial charge in [0.1, 0.15) is 5.75 Å². The van der Waals surface area contributed by atoms with Crippen molar-refractivity contribution >= 4 is 40.6 Å². The average molecular weight is 423 g/mol. The summed E-state index contributed by atoms with van der Waals surface area (Å²) in [6.45, 7) is -0.193. The maximum Gasteiger partial charge on any atom is 0.259 e. The predicted octanol–water partition coefficient (Wildman–Crippen LogP) is 1.88. The molecule has 0 spiro atoms. The van der Waals surface area contributed by atoms with Gasteiger partial charge < -0.3 is 10.4 Å². The summed E-state index contributed by atoms with van der Waals surface area (Å²) in [6, 6.07) is 13.7. The number of nitrogens with one attached hydrogen (secondary N) is 2. The molecule has 0 atom stereocenters. The zero-order chi connectivity index (χ0) is 16.7. The van der Waals surface area contributed by atoms with Gasteiger partial charge in [-0.3, -0.25) is 9.59 Å². The minimum Gasteiger partial charge on any atom is -0.507 e. The van der Waals surface area contributed by atoms with Crippen molar-refractivity contribution in [2.75, 3.05) is 6.54 Å². The lowest BCUT2D eigenvalue weighted by molar-refractivity contribution is -0.120. The van der Waals surface area contributed by atoms with E-state index in [4.69, 9.17) is 0 Å². The number of amides is 2. The van der Waals surface area contributed by atoms with E-state index in [0.29, 0.717) is 11.1 Å². The number of para-hydroxylation sites is 1. The highest BCUT2D eigenvalue weighted by molar-refractivity contribution is 14.1. The van der Waals surface area contributed by atoms with Gasteiger partial charge in [-0.2, -0.15) is 5.10 Å². The minimum atomic E-state index is -0.462. The van der Waals surface area contributed by atoms with Crippen LogP contribution in [0.3, 0.4) is 0 Å². The Morgan fingerprint density at radius 2 is 1.83 bits per heavy atom. The molecule has 0 aliphatic heterocycles. The van der Waals surface area contributed by atoms with Crippen molar-refractivity contribution in [3.8, 4) is 5.75 Å². The van der Waals surface area contributed by atoms with Gasteiger partial charge in [0.25, 0.3) is 11.8 Å². The Labute approximate surface area is 146 Å². The van der Waals surface area contributed by atoms with Gasteiger partial charge >= 0.3 is 0 Å². The number of phenolic OH excluding ortho intramolecular Hbond substituents is 1. The lowest BCUT2D eigenvalue weighted by Gasteiger charge is -2.05. The molecule has 2 aromatic carbocycles. The van der Waals surface area contributed by atoms with Gasteiger partial charge in [-0.05, 0) is 46.9 Å². The van der Waals surface area contributed by atoms with E-state index in [1.165, 1.54) is 12.3 Å². The third-order valence-electron chi connectivity index (χ3n) is 2.86. The van der Waals surface area contributed by atoms with E-state index < -0.39 is 5.91 Å². The molecule has 2 aromatic rings. The van der Waals surface area contributed by atoms with Gasteiger partial charge in [-0.1, -0.05) is 24.3 Å². The fourth-order valence-corrected chi connectivity index (χ4v) is 2.34. The molecule has 118 valence electrons. The lowest BCUT2D eigenvalue weighted by Crippen LogP contribution is -2.35. The number of carbonyl (C=O) groups excluding carboxylic acids is 2. The number of halogens is 1. The summed E-state index contributed by atoms with van der Waals surface area (Å²) < 4.78 is 0.806. The highest BCUT2D eigenvalue weighted by Gasteiger charge is 2.10. The molecule has 2 amide bonds. The first kappa shape index (κ1) is 16.9. The molecular weight excluding hydrogens is 409 g/mol. The molecule has 23 heavy (non-hydrogen) atoms. The van der Waals surface area contributed by atoms with Crippen LogP contribution >= 0.6 is 22.6 Å². The van der Waals surface area contributed by atoms with Crippen molar-refractivity contribution in [2.45, 2.75) is 0 Å². The predicted molar refractivity (Wildman–Crippen MR) is 95.3 cm³/mol. The summed E-state index contributed by atoms with van der Waals surface area (Å²) in [6.07, 6.45) is 1.33. The number of carbonyl (C=O) groups is 2. The van der Waals surface area contributed by atoms with E-state index in [0.717, 1.165) is 3.57 Å². The lowest BCUT2D eigenvalue weighted by atomic mass is 10.2. The number of nitrogens with zero attached hydrogens (tertiary/aromatic N) is 1. The highest BCUT2D eigenvalue weighted by atomic mass is 127. The maximum atomic E-state index is 11.9. The normalized spacial score (nSPS) is 10.5. The zero-order valence-corrected chi connectivity index (χ0v) is 14.1. The van der Waals surface area contributed by atoms with Crippen LogP contribution < -0.4 is 10.7 Å². The maximum absolute atomic E-state index is 11.9. The number of phenols is 1. The smallest absolute Gasteiger partial charge is 0.259 e. The van der Waals surface area contributed by atoms with Crippen molar-refractivity contribution < 1.29 is 14.7 Å². The van der Waals surface area contributed by atoms with Crippen LogP contribution in [-0.2, 0) is 4.79 Å². The third kappa shape index (κ3) is 5.06. The summed E-state index contributed by atoms with van der Waals surface area (Å²) >= 11 is 2.06. The van der Waals surface area contributed by atoms with Crippen LogP contribution in [0.15, 0.2) is 53.6 Å². The molecular formula is C16H14IN3O3. The topological polar surface area (TPSA) is 90.8 Å². The third-order valence-corrected chi connectivity index (χ3v) is 3.80. The van der Waals surface area contributed by atoms with Crippen LogP contribution in [0.25, 0.3) is 0 Å². The molecule has 3 N–H and O–H groups in total. The van der Waals surface area contributed by atoms with E-state index in [1.807, 2.05) is 12.1 Å². The molecule has 2 rings (SSSR count). The quantitative estimate of drug-likeness (QED) is 0.390. The second-order valence-electron chi connectivity index (χ2n) is 4.51. The second-order valence-corrected chi connectivity index (χ2v) is 5.68. The summed E-state index contributed by atoms with van der Waals surface area (Å²) in [5, 5.41) is 15.8. The van der Waals surface area contributed by atoms with Gasteiger partial charge in [-0.25, -0.2) is 5.43 Å². The van der Waals surface area contributed by atoms with Gasteiger partial charge in [0.2, 0.25) is 0 Å². The summed E-state index contributed by atoms with van der Waals surface area (Å²) in [5.41, 5.74) is 3.28. The minimum absolute atomic E-state index is 0.0671. The zero-order valence-electron chi connectivity index (χ0n) is 12.0. The highest BCUT2D eigenvalue weighted by Crippen LogP contribution is 2.12. The van der Waals surface area contributed by atoms with Crippen LogP contribution in [0.5, 0.6) is 5.75 Å². The number of hydrazone groups is 1. The first-order valence-corrected chi connectivity index (χ1v) is 7.78. The van der Waals surface area contributed by atoms with Crippen molar-refractivity contribution in [3.05, 3.63) is 63.2 Å². The molecule has 0 aliphatic carbocycles. The van der Waals surface area contributed by atoms with E-state index in [1.54, 1.807) is 30.3 Å². The van der Waals surface area contributed by atoms with Crippen molar-refractivity contribution in [3.63, 3.8) is 0 Å². The molecule has 0 aliphatic rings. The number of aromatic hydroxyl groups is 1. The summed E-state index contributed by atoms with van der Waals surface area (Å²) in [4.78, 5) is 23.6. The van der Waals surface area contributed by atoms with Crippen LogP contribution in [0.4, 0.5) is 0 Å². The SMILES string of the molecule is O=C(CNC(=O)c1ccccc1I)NN=Cc1ccccc1O. The van der Waals surface area contributed by atoms with E-state index in [2.05, 4.69) is 38.4 Å². The largest absolute Gasteiger partial charge is 0.507 e. The molecule has 0 fully saturated rings. The number of hydrogen-bond donors (Lipinski definition) is 3. The van der Waals surface area contributed by atoms with Crippen LogP contribution in [0.2, 0.25) is 0 Å². The Morgan fingerprint density at radius 3 is 2.57 bits per heavy atom. The monoisotopic (exact) mass is 423 g/mol. The molecule has 6 nitrogen and oxygen atoms in total. The van der Waals surface area contributed by atoms with Gasteiger partial charge in [0.05, 0.1) is 18.3 Å². The Kier molecular flexibility index (Phi) is 6.10. The van der Waals surface area contributed by atoms with Crippen molar-refractivity contribution in [2.24, 2.45) is 5.10 Å². The molecule has 0 heterocycles. The molecule has 0 aromatic heterocycles. The van der Waals surface area contributed by atoms with Gasteiger partial charge in [0, 0.05) is 9.13 Å². The molecule has 0 radical (unpaired) electrons. The number of hydrogen-bond acceptors (Lipinski definition) is 4.